The Morgan fingerprint density at radius 3 is 2.81 bits per heavy atom. The normalized spacial score (nSPS) is 19.8. The van der Waals surface area contributed by atoms with Crippen molar-refractivity contribution in [2.75, 3.05) is 0 Å². The lowest BCUT2D eigenvalue weighted by Gasteiger charge is -2.34. The standard InChI is InChI=1S/C24H25N3O5/c1-4-13-7-6-8-14-9-15-10-27-20(19(15)26-18(13)14)21(32-12(3)25)17-16(22(27)28)11-31-23(29)24(17,30)5-2/h6-9,12,30H,4-5,10-11,25H2,1-3H3/t12?,24-/m0/s1. The third-order valence-electron chi connectivity index (χ3n) is 6.37. The molecule has 2 aliphatic heterocycles. The van der Waals surface area contributed by atoms with Crippen LogP contribution in [0.1, 0.15) is 49.4 Å². The Labute approximate surface area is 184 Å². The number of benzene rings is 1. The van der Waals surface area contributed by atoms with Crippen LogP contribution in [0.5, 0.6) is 5.75 Å². The molecular formula is C24H25N3O5. The summed E-state index contributed by atoms with van der Waals surface area (Å²) in [5, 5.41) is 12.3. The van der Waals surface area contributed by atoms with Crippen LogP contribution in [0.15, 0.2) is 29.1 Å². The van der Waals surface area contributed by atoms with E-state index in [1.54, 1.807) is 18.4 Å². The number of esters is 1. The summed E-state index contributed by atoms with van der Waals surface area (Å²) in [5.74, 6) is -0.584. The van der Waals surface area contributed by atoms with Gasteiger partial charge in [-0.05, 0) is 31.4 Å². The SMILES string of the molecule is CCc1cccc2cc3c(nc12)-c1c(OC(C)N)c2c(c(=O)n1C3)COC(=O)[C@]2(O)CC. The van der Waals surface area contributed by atoms with Gasteiger partial charge in [0.1, 0.15) is 18.5 Å². The summed E-state index contributed by atoms with van der Waals surface area (Å²) in [7, 11) is 0. The van der Waals surface area contributed by atoms with Crippen LogP contribution in [0, 0.1) is 0 Å². The van der Waals surface area contributed by atoms with Gasteiger partial charge in [0.05, 0.1) is 28.9 Å². The molecule has 1 aromatic carbocycles. The van der Waals surface area contributed by atoms with Crippen LogP contribution in [-0.4, -0.2) is 26.9 Å². The minimum atomic E-state index is -2.00. The first-order valence-corrected chi connectivity index (χ1v) is 10.8. The monoisotopic (exact) mass is 435 g/mol. The molecule has 0 radical (unpaired) electrons. The maximum atomic E-state index is 13.5. The van der Waals surface area contributed by atoms with E-state index in [1.165, 1.54) is 0 Å². The molecule has 2 aromatic heterocycles. The van der Waals surface area contributed by atoms with Crippen molar-refractivity contribution in [3.63, 3.8) is 0 Å². The number of para-hydroxylation sites is 1. The zero-order valence-corrected chi connectivity index (χ0v) is 18.3. The molecule has 8 heteroatoms. The summed E-state index contributed by atoms with van der Waals surface area (Å²) in [4.78, 5) is 31.0. The van der Waals surface area contributed by atoms with Crippen LogP contribution >= 0.6 is 0 Å². The number of aromatic nitrogens is 2. The number of rotatable bonds is 4. The predicted octanol–water partition coefficient (Wildman–Crippen LogP) is 2.33. The average Bonchev–Trinajstić information content (AvgIpc) is 3.15. The Hall–Kier alpha value is -3.23. The number of nitrogens with zero attached hydrogens (tertiary/aromatic N) is 2. The van der Waals surface area contributed by atoms with E-state index in [9.17, 15) is 14.7 Å². The van der Waals surface area contributed by atoms with Gasteiger partial charge in [-0.2, -0.15) is 0 Å². The summed E-state index contributed by atoms with van der Waals surface area (Å²) in [6, 6.07) is 8.06. The van der Waals surface area contributed by atoms with Gasteiger partial charge in [0.15, 0.2) is 11.4 Å². The molecule has 2 aliphatic rings. The van der Waals surface area contributed by atoms with Crippen molar-refractivity contribution in [1.29, 1.82) is 0 Å². The second-order valence-electron chi connectivity index (χ2n) is 8.37. The molecule has 0 spiro atoms. The molecule has 166 valence electrons. The van der Waals surface area contributed by atoms with Crippen molar-refractivity contribution in [3.05, 3.63) is 56.9 Å². The first-order chi connectivity index (χ1) is 15.3. The highest BCUT2D eigenvalue weighted by Crippen LogP contribution is 2.47. The maximum absolute atomic E-state index is 13.5. The van der Waals surface area contributed by atoms with Gasteiger partial charge >= 0.3 is 5.97 Å². The molecule has 0 bridgehead atoms. The fourth-order valence-electron chi connectivity index (χ4n) is 4.77. The maximum Gasteiger partial charge on any atom is 0.343 e. The molecule has 4 heterocycles. The number of cyclic esters (lactones) is 1. The van der Waals surface area contributed by atoms with Crippen molar-refractivity contribution >= 4 is 16.9 Å². The summed E-state index contributed by atoms with van der Waals surface area (Å²) >= 11 is 0. The van der Waals surface area contributed by atoms with Crippen molar-refractivity contribution in [3.8, 4) is 17.1 Å². The molecule has 0 aliphatic carbocycles. The number of aryl methyl sites for hydroxylation is 1. The fraction of sp³-hybridized carbons (Fsp3) is 0.375. The predicted molar refractivity (Wildman–Crippen MR) is 118 cm³/mol. The molecular weight excluding hydrogens is 410 g/mol. The second-order valence-corrected chi connectivity index (χ2v) is 8.37. The first kappa shape index (κ1) is 20.7. The molecule has 1 unspecified atom stereocenters. The van der Waals surface area contributed by atoms with Gasteiger partial charge in [0, 0.05) is 10.9 Å². The van der Waals surface area contributed by atoms with E-state index in [1.807, 2.05) is 24.3 Å². The third-order valence-corrected chi connectivity index (χ3v) is 6.37. The fourth-order valence-corrected chi connectivity index (χ4v) is 4.77. The van der Waals surface area contributed by atoms with Crippen LogP contribution in [-0.2, 0) is 34.7 Å². The number of carbonyl (C=O) groups excluding carboxylic acids is 1. The summed E-state index contributed by atoms with van der Waals surface area (Å²) < 4.78 is 12.7. The average molecular weight is 435 g/mol. The number of carbonyl (C=O) groups is 1. The molecule has 2 atom stereocenters. The number of ether oxygens (including phenoxy) is 2. The molecule has 0 fully saturated rings. The van der Waals surface area contributed by atoms with E-state index in [0.717, 1.165) is 28.5 Å². The third kappa shape index (κ3) is 2.73. The van der Waals surface area contributed by atoms with Crippen LogP contribution in [0.25, 0.3) is 22.3 Å². The van der Waals surface area contributed by atoms with Crippen LogP contribution in [0.2, 0.25) is 0 Å². The van der Waals surface area contributed by atoms with Crippen LogP contribution in [0.4, 0.5) is 0 Å². The van der Waals surface area contributed by atoms with Gasteiger partial charge in [-0.3, -0.25) is 15.1 Å². The summed E-state index contributed by atoms with van der Waals surface area (Å²) in [6.07, 6.45) is 0.0933. The molecule has 3 aromatic rings. The minimum absolute atomic E-state index is 0.0228. The minimum Gasteiger partial charge on any atom is -0.473 e. The summed E-state index contributed by atoms with van der Waals surface area (Å²) in [6.45, 7) is 5.46. The molecule has 32 heavy (non-hydrogen) atoms. The van der Waals surface area contributed by atoms with E-state index in [2.05, 4.69) is 6.92 Å². The lowest BCUT2D eigenvalue weighted by molar-refractivity contribution is -0.172. The Balaban J connectivity index is 1.90. The van der Waals surface area contributed by atoms with Gasteiger partial charge in [-0.1, -0.05) is 32.0 Å². The van der Waals surface area contributed by atoms with Crippen molar-refractivity contribution in [1.82, 2.24) is 9.55 Å². The second kappa shape index (κ2) is 7.15. The molecule has 5 rings (SSSR count). The van der Waals surface area contributed by atoms with E-state index in [0.29, 0.717) is 17.9 Å². The van der Waals surface area contributed by atoms with E-state index in [4.69, 9.17) is 20.2 Å². The van der Waals surface area contributed by atoms with E-state index in [-0.39, 0.29) is 35.5 Å². The zero-order valence-electron chi connectivity index (χ0n) is 18.3. The van der Waals surface area contributed by atoms with Crippen LogP contribution in [0.3, 0.4) is 0 Å². The number of fused-ring (bicyclic) bond motifs is 5. The number of nitrogens with two attached hydrogens (primary N) is 1. The number of hydrogen-bond acceptors (Lipinski definition) is 7. The highest BCUT2D eigenvalue weighted by molar-refractivity contribution is 5.90. The topological polar surface area (TPSA) is 117 Å². The summed E-state index contributed by atoms with van der Waals surface area (Å²) in [5.41, 5.74) is 7.86. The number of hydrogen-bond donors (Lipinski definition) is 2. The molecule has 8 nitrogen and oxygen atoms in total. The van der Waals surface area contributed by atoms with E-state index < -0.39 is 17.8 Å². The number of pyridine rings is 2. The van der Waals surface area contributed by atoms with Gasteiger partial charge < -0.3 is 14.6 Å². The highest BCUT2D eigenvalue weighted by Gasteiger charge is 2.49. The van der Waals surface area contributed by atoms with Gasteiger partial charge in [-0.25, -0.2) is 9.78 Å². The molecule has 0 saturated carbocycles. The van der Waals surface area contributed by atoms with Gasteiger partial charge in [0.2, 0.25) is 0 Å². The quantitative estimate of drug-likeness (QED) is 0.373. The molecule has 0 saturated heterocycles. The van der Waals surface area contributed by atoms with Crippen molar-refractivity contribution in [2.45, 2.75) is 58.6 Å². The molecule has 0 amide bonds. The Kier molecular flexibility index (Phi) is 4.61. The highest BCUT2D eigenvalue weighted by atomic mass is 16.6. The smallest absolute Gasteiger partial charge is 0.343 e. The number of aliphatic hydroxyl groups is 1. The Morgan fingerprint density at radius 1 is 1.34 bits per heavy atom. The Bertz CT molecular complexity index is 1340. The lowest BCUT2D eigenvalue weighted by atomic mass is 9.85. The van der Waals surface area contributed by atoms with Crippen LogP contribution < -0.4 is 16.0 Å². The van der Waals surface area contributed by atoms with Crippen molar-refractivity contribution in [2.24, 2.45) is 5.73 Å². The Morgan fingerprint density at radius 2 is 2.12 bits per heavy atom. The lowest BCUT2D eigenvalue weighted by Crippen LogP contribution is -2.45. The van der Waals surface area contributed by atoms with Gasteiger partial charge in [0.25, 0.3) is 5.56 Å². The molecule has 3 N–H and O–H groups in total. The zero-order chi connectivity index (χ0) is 22.8. The van der Waals surface area contributed by atoms with E-state index >= 15 is 0 Å². The van der Waals surface area contributed by atoms with Crippen molar-refractivity contribution < 1.29 is 19.4 Å². The first-order valence-electron chi connectivity index (χ1n) is 10.8. The van der Waals surface area contributed by atoms with Gasteiger partial charge in [-0.15, -0.1) is 0 Å². The largest absolute Gasteiger partial charge is 0.473 e.